The number of aromatic nitrogens is 2. The number of hydrogen-bond donors (Lipinski definition) is 5. The highest BCUT2D eigenvalue weighted by atomic mass is 32.1. The molecule has 1 aromatic rings. The summed E-state index contributed by atoms with van der Waals surface area (Å²) in [5, 5.41) is 23.1. The fourth-order valence-electron chi connectivity index (χ4n) is 1.85. The zero-order valence-electron chi connectivity index (χ0n) is 18.0. The van der Waals surface area contributed by atoms with E-state index < -0.39 is 5.97 Å². The Morgan fingerprint density at radius 2 is 1.90 bits per heavy atom. The van der Waals surface area contributed by atoms with Crippen molar-refractivity contribution in [2.45, 2.75) is 51.9 Å². The van der Waals surface area contributed by atoms with E-state index in [9.17, 15) is 9.59 Å². The summed E-state index contributed by atoms with van der Waals surface area (Å²) < 4.78 is 11.2. The number of aromatic amines is 1. The lowest BCUT2D eigenvalue weighted by molar-refractivity contribution is -0.139. The van der Waals surface area contributed by atoms with E-state index >= 15 is 0 Å². The van der Waals surface area contributed by atoms with Crippen LogP contribution in [0.4, 0.5) is 0 Å². The number of carbonyl (C=O) groups excluding carboxylic acids is 1. The first-order chi connectivity index (χ1) is 14.3. The molecule has 2 rings (SSSR count). The number of nitrogens with two attached hydrogens (primary N) is 1. The van der Waals surface area contributed by atoms with E-state index in [1.54, 1.807) is 0 Å². The molecule has 0 amide bonds. The Kier molecular flexibility index (Phi) is 24.5. The molecule has 1 aliphatic heterocycles. The van der Waals surface area contributed by atoms with Gasteiger partial charge in [-0.2, -0.15) is 0 Å². The standard InChI is InChI=1S/C9H11BN2O3S.C3H6BNO2.C3H8.2CH4O/c10-6-1-2-7(15-6)12-3-5(4-13)8(16)11-9(12)14;4-2-7-3(6)1-5;1-3-2;2*1-2/h3,6-7,13H,1-2,4H2,(H,11,14,16);1-2,5H2;3H2,1-2H3;2*2H,1H3/t6-,7?;;;;/m0..../s1. The Hall–Kier alpha value is -1.50. The third-order valence-electron chi connectivity index (χ3n) is 2.96. The second-order valence-corrected chi connectivity index (χ2v) is 5.69. The van der Waals surface area contributed by atoms with Crippen LogP contribution in [0.1, 0.15) is 44.9 Å². The number of hydrogen-bond acceptors (Lipinski definition) is 9. The fourth-order valence-corrected chi connectivity index (χ4v) is 2.06. The molecular formula is C17H33B2N3O7S. The number of rotatable bonds is 4. The molecule has 0 spiro atoms. The zero-order chi connectivity index (χ0) is 24.1. The van der Waals surface area contributed by atoms with Gasteiger partial charge in [0.2, 0.25) is 0 Å². The average molecular weight is 445 g/mol. The second-order valence-electron chi connectivity index (χ2n) is 5.28. The molecule has 170 valence electrons. The summed E-state index contributed by atoms with van der Waals surface area (Å²) in [7, 11) is 12.4. The average Bonchev–Trinajstić information content (AvgIpc) is 3.18. The Balaban J connectivity index is -0.000000438. The van der Waals surface area contributed by atoms with Crippen LogP contribution in [0.3, 0.4) is 0 Å². The summed E-state index contributed by atoms with van der Waals surface area (Å²) in [5.74, 6) is -0.470. The van der Waals surface area contributed by atoms with Crippen LogP contribution in [0.2, 0.25) is 0 Å². The molecule has 4 radical (unpaired) electrons. The van der Waals surface area contributed by atoms with E-state index in [0.29, 0.717) is 18.4 Å². The monoisotopic (exact) mass is 445 g/mol. The van der Waals surface area contributed by atoms with Crippen molar-refractivity contribution in [2.24, 2.45) is 5.73 Å². The summed E-state index contributed by atoms with van der Waals surface area (Å²) in [4.78, 5) is 24.1. The quantitative estimate of drug-likeness (QED) is 0.233. The molecule has 6 N–H and O–H groups in total. The molecule has 1 aromatic heterocycles. The van der Waals surface area contributed by atoms with Gasteiger partial charge < -0.3 is 30.5 Å². The van der Waals surface area contributed by atoms with Gasteiger partial charge in [-0.15, -0.1) is 0 Å². The number of nitrogens with one attached hydrogen (secondary N) is 1. The predicted octanol–water partition coefficient (Wildman–Crippen LogP) is -0.551. The van der Waals surface area contributed by atoms with Gasteiger partial charge >= 0.3 is 11.7 Å². The molecule has 30 heavy (non-hydrogen) atoms. The Labute approximate surface area is 185 Å². The molecule has 13 heteroatoms. The highest BCUT2D eigenvalue weighted by Gasteiger charge is 2.23. The van der Waals surface area contributed by atoms with E-state index in [2.05, 4.69) is 23.6 Å². The minimum Gasteiger partial charge on any atom is -0.475 e. The third-order valence-corrected chi connectivity index (χ3v) is 3.33. The zero-order valence-corrected chi connectivity index (χ0v) is 18.9. The number of aliphatic hydroxyl groups is 3. The highest BCUT2D eigenvalue weighted by Crippen LogP contribution is 2.25. The SMILES string of the molecule is CCC.CO.CO.[B]COC(=O)CN.[B][C@@H]1CCC(n2cc(CO)c(=S)[nH]c2=O)O1. The van der Waals surface area contributed by atoms with Gasteiger partial charge in [-0.25, -0.2) is 4.79 Å². The van der Waals surface area contributed by atoms with Crippen LogP contribution in [0.25, 0.3) is 0 Å². The van der Waals surface area contributed by atoms with E-state index in [0.717, 1.165) is 14.2 Å². The normalized spacial score (nSPS) is 16.1. The van der Waals surface area contributed by atoms with Crippen LogP contribution < -0.4 is 11.4 Å². The molecule has 0 aromatic carbocycles. The summed E-state index contributed by atoms with van der Waals surface area (Å²) >= 11 is 4.90. The molecule has 1 unspecified atom stereocenters. The first kappa shape index (κ1) is 33.1. The Morgan fingerprint density at radius 3 is 2.23 bits per heavy atom. The molecule has 0 bridgehead atoms. The van der Waals surface area contributed by atoms with Gasteiger partial charge in [-0.05, 0) is 12.8 Å². The molecule has 2 heterocycles. The van der Waals surface area contributed by atoms with E-state index in [1.807, 2.05) is 0 Å². The van der Waals surface area contributed by atoms with Gasteiger partial charge in [0.15, 0.2) is 0 Å². The molecule has 0 aliphatic carbocycles. The van der Waals surface area contributed by atoms with E-state index in [4.69, 9.17) is 53.7 Å². The lowest BCUT2D eigenvalue weighted by Crippen LogP contribution is -2.28. The topological polar surface area (TPSA) is 160 Å². The lowest BCUT2D eigenvalue weighted by Gasteiger charge is -2.15. The maximum absolute atomic E-state index is 11.6. The first-order valence-electron chi connectivity index (χ1n) is 9.15. The summed E-state index contributed by atoms with van der Waals surface area (Å²) in [6.07, 6.45) is 3.78. The maximum Gasteiger partial charge on any atom is 0.328 e. The fraction of sp³-hybridized carbons (Fsp3) is 0.706. The summed E-state index contributed by atoms with van der Waals surface area (Å²) in [6.45, 7) is 3.85. The minimum atomic E-state index is -0.470. The molecular weight excluding hydrogens is 412 g/mol. The van der Waals surface area contributed by atoms with Gasteiger partial charge in [0.25, 0.3) is 0 Å². The summed E-state index contributed by atoms with van der Waals surface area (Å²) in [5.41, 5.74) is 4.98. The van der Waals surface area contributed by atoms with Crippen molar-refractivity contribution in [1.82, 2.24) is 9.55 Å². The lowest BCUT2D eigenvalue weighted by atomic mass is 9.98. The van der Waals surface area contributed by atoms with Gasteiger partial charge in [0, 0.05) is 38.5 Å². The predicted molar refractivity (Wildman–Crippen MR) is 119 cm³/mol. The van der Waals surface area contributed by atoms with Crippen LogP contribution in [0.5, 0.6) is 0 Å². The van der Waals surface area contributed by atoms with Crippen molar-refractivity contribution in [3.63, 3.8) is 0 Å². The number of ether oxygens (including phenoxy) is 2. The van der Waals surface area contributed by atoms with Crippen molar-refractivity contribution in [2.75, 3.05) is 27.3 Å². The van der Waals surface area contributed by atoms with Gasteiger partial charge in [0.05, 0.1) is 13.2 Å². The molecule has 10 nitrogen and oxygen atoms in total. The number of carbonyl (C=O) groups is 1. The van der Waals surface area contributed by atoms with Gasteiger partial charge in [-0.1, -0.05) is 32.5 Å². The summed E-state index contributed by atoms with van der Waals surface area (Å²) in [6, 6.07) is -0.336. The largest absolute Gasteiger partial charge is 0.475 e. The van der Waals surface area contributed by atoms with Crippen LogP contribution in [-0.2, 0) is 20.9 Å². The van der Waals surface area contributed by atoms with Crippen LogP contribution in [-0.4, -0.2) is 79.8 Å². The van der Waals surface area contributed by atoms with Crippen LogP contribution in [0, 0.1) is 4.64 Å². The number of esters is 1. The number of aliphatic hydroxyl groups excluding tert-OH is 3. The van der Waals surface area contributed by atoms with Crippen molar-refractivity contribution in [1.29, 1.82) is 0 Å². The van der Waals surface area contributed by atoms with Crippen molar-refractivity contribution in [3.8, 4) is 0 Å². The van der Waals surface area contributed by atoms with E-state index in [1.165, 1.54) is 17.2 Å². The van der Waals surface area contributed by atoms with Crippen molar-refractivity contribution >= 4 is 33.9 Å². The van der Waals surface area contributed by atoms with Crippen molar-refractivity contribution < 1.29 is 29.6 Å². The number of H-pyrrole nitrogens is 1. The highest BCUT2D eigenvalue weighted by molar-refractivity contribution is 7.71. The Bertz CT molecular complexity index is 659. The molecule has 2 atom stereocenters. The maximum atomic E-state index is 11.6. The minimum absolute atomic E-state index is 0.0873. The second kappa shape index (κ2) is 22.2. The molecule has 1 aliphatic rings. The van der Waals surface area contributed by atoms with Crippen LogP contribution >= 0.6 is 12.2 Å². The van der Waals surface area contributed by atoms with Gasteiger partial charge in [-0.3, -0.25) is 14.3 Å². The van der Waals surface area contributed by atoms with E-state index in [-0.39, 0.29) is 42.2 Å². The number of nitrogens with zero attached hydrogens (tertiary/aromatic N) is 1. The molecule has 1 fully saturated rings. The molecule has 1 saturated heterocycles. The smallest absolute Gasteiger partial charge is 0.328 e. The first-order valence-corrected chi connectivity index (χ1v) is 9.56. The Morgan fingerprint density at radius 1 is 1.37 bits per heavy atom. The third kappa shape index (κ3) is 14.5. The van der Waals surface area contributed by atoms with Gasteiger partial charge in [0.1, 0.15) is 26.6 Å². The van der Waals surface area contributed by atoms with Crippen molar-refractivity contribution in [3.05, 3.63) is 26.9 Å². The van der Waals surface area contributed by atoms with Crippen LogP contribution in [0.15, 0.2) is 11.0 Å². The molecule has 0 saturated carbocycles.